The van der Waals surface area contributed by atoms with Gasteiger partial charge in [0.15, 0.2) is 5.75 Å². The average Bonchev–Trinajstić information content (AvgIpc) is 3.66. The standard InChI is InChI=1S/C20H23NO3.C19H14N3O2.2C6H15N.C3H2N2.CH4/c1-5-6-11-24-19-13(17(22)18(19)23)12-16-20(2,3)14-9-7-8-10-15(14)21(16)4;1-19(2)12-7-5-6-8-14(12)22(4)15(19)9-11-16(13(10-20)21-3)18(24)17(11)23;2*1-4-7(5-2)6-3;1-5-3-2-4;/h7-10,12H,5-6,11H2,1-4H3;5-9H,1-2,4H3;2*4-6H2,1-3H3;3H2;1H4/q;-1;;;;/p+1. The molecular weight excluding hydrogens is 853 g/mol. The Bertz CT molecular complexity index is 2640. The van der Waals surface area contributed by atoms with E-state index in [4.69, 9.17) is 28.6 Å². The van der Waals surface area contributed by atoms with Crippen LogP contribution >= 0.6 is 0 Å². The van der Waals surface area contributed by atoms with E-state index in [0.29, 0.717) is 12.2 Å². The molecule has 0 saturated carbocycles. The maximum atomic E-state index is 12.0. The van der Waals surface area contributed by atoms with Gasteiger partial charge < -0.3 is 34.6 Å². The summed E-state index contributed by atoms with van der Waals surface area (Å²) in [6.45, 7) is 44.5. The molecule has 1 N–H and O–H groups in total. The van der Waals surface area contributed by atoms with Crippen molar-refractivity contribution < 1.29 is 9.64 Å². The number of fused-ring (bicyclic) bond motifs is 2. The maximum Gasteiger partial charge on any atom is 0.298 e. The second kappa shape index (κ2) is 27.8. The Morgan fingerprint density at radius 2 is 1.19 bits per heavy atom. The molecule has 0 fully saturated rings. The zero-order chi connectivity index (χ0) is 50.6. The van der Waals surface area contributed by atoms with E-state index in [-0.39, 0.29) is 47.4 Å². The largest absolute Gasteiger partial charge is 0.775 e. The van der Waals surface area contributed by atoms with Gasteiger partial charge in [0.05, 0.1) is 38.4 Å². The van der Waals surface area contributed by atoms with Gasteiger partial charge in [0, 0.05) is 58.8 Å². The number of para-hydroxylation sites is 2. The lowest BCUT2D eigenvalue weighted by atomic mass is 9.82. The number of quaternary nitrogens is 1. The van der Waals surface area contributed by atoms with Crippen molar-refractivity contribution in [3.63, 3.8) is 0 Å². The number of benzene rings is 2. The van der Waals surface area contributed by atoms with Crippen LogP contribution in [0.4, 0.5) is 11.4 Å². The van der Waals surface area contributed by atoms with Crippen molar-refractivity contribution in [2.24, 2.45) is 0 Å². The minimum Gasteiger partial charge on any atom is -0.775 e. The van der Waals surface area contributed by atoms with E-state index >= 15 is 0 Å². The Morgan fingerprint density at radius 1 is 0.750 bits per heavy atom. The summed E-state index contributed by atoms with van der Waals surface area (Å²) in [5, 5.41) is 16.6. The first-order valence-corrected chi connectivity index (χ1v) is 23.2. The van der Waals surface area contributed by atoms with Crippen LogP contribution in [0, 0.1) is 24.5 Å². The lowest BCUT2D eigenvalue weighted by Crippen LogP contribution is -3.11. The summed E-state index contributed by atoms with van der Waals surface area (Å²) in [6.07, 6.45) is 5.31. The molecule has 4 aromatic rings. The van der Waals surface area contributed by atoms with E-state index in [1.807, 2.05) is 75.3 Å². The van der Waals surface area contributed by atoms with Gasteiger partial charge in [-0.25, -0.2) is 11.4 Å². The van der Waals surface area contributed by atoms with Gasteiger partial charge in [0.2, 0.25) is 22.0 Å². The van der Waals surface area contributed by atoms with Crippen LogP contribution in [0.5, 0.6) is 5.75 Å². The van der Waals surface area contributed by atoms with Gasteiger partial charge >= 0.3 is 0 Å². The summed E-state index contributed by atoms with van der Waals surface area (Å²) in [4.78, 5) is 61.6. The average molecular weight is 927 g/mol. The van der Waals surface area contributed by atoms with Crippen molar-refractivity contribution in [1.82, 2.24) is 4.90 Å². The van der Waals surface area contributed by atoms with E-state index in [9.17, 15) is 19.2 Å². The fourth-order valence-electron chi connectivity index (χ4n) is 8.15. The van der Waals surface area contributed by atoms with Crippen LogP contribution in [-0.4, -0.2) is 77.3 Å². The number of likely N-dealkylation sites (N-methyl/N-ethyl adjacent to an activating group) is 2. The molecule has 2 aliphatic heterocycles. The second-order valence-corrected chi connectivity index (χ2v) is 17.0. The van der Waals surface area contributed by atoms with Crippen molar-refractivity contribution in [2.75, 3.05) is 76.3 Å². The van der Waals surface area contributed by atoms with Crippen molar-refractivity contribution in [1.29, 1.82) is 5.26 Å². The Labute approximate surface area is 405 Å². The number of allylic oxidation sites excluding steroid dienone is 2. The van der Waals surface area contributed by atoms with Crippen molar-refractivity contribution in [2.45, 2.75) is 107 Å². The smallest absolute Gasteiger partial charge is 0.298 e. The molecule has 0 bridgehead atoms. The predicted molar refractivity (Wildman–Crippen MR) is 283 cm³/mol. The third kappa shape index (κ3) is 13.5. The number of hydrogen-bond donors (Lipinski definition) is 1. The van der Waals surface area contributed by atoms with E-state index < -0.39 is 21.7 Å². The molecule has 6 rings (SSSR count). The minimum atomic E-state index is -0.759. The first-order valence-electron chi connectivity index (χ1n) is 23.2. The molecule has 0 aliphatic carbocycles. The van der Waals surface area contributed by atoms with Crippen molar-refractivity contribution in [3.8, 4) is 11.8 Å². The van der Waals surface area contributed by atoms with E-state index in [1.54, 1.807) is 22.9 Å². The number of anilines is 2. The molecule has 0 radical (unpaired) electrons. The van der Waals surface area contributed by atoms with Crippen molar-refractivity contribution >= 4 is 35.1 Å². The van der Waals surface area contributed by atoms with Crippen LogP contribution in [0.15, 0.2) is 79.1 Å². The van der Waals surface area contributed by atoms with Crippen LogP contribution in [0.1, 0.15) is 124 Å². The highest BCUT2D eigenvalue weighted by Crippen LogP contribution is 2.48. The molecule has 4 aromatic carbocycles. The summed E-state index contributed by atoms with van der Waals surface area (Å²) >= 11 is 0. The lowest BCUT2D eigenvalue weighted by Gasteiger charge is -2.24. The highest BCUT2D eigenvalue weighted by atomic mass is 16.5. The van der Waals surface area contributed by atoms with E-state index in [1.165, 1.54) is 44.8 Å². The number of rotatable bonds is 13. The molecule has 2 aliphatic rings. The number of nitrogens with zero attached hydrogens (tertiary/aromatic N) is 7. The number of ether oxygens (including phenoxy) is 1. The third-order valence-corrected chi connectivity index (χ3v) is 12.5. The minimum absolute atomic E-state index is 0. The number of unbranched alkanes of at least 4 members (excludes halogenated alkanes) is 1. The van der Waals surface area contributed by atoms with Gasteiger partial charge in [-0.2, -0.15) is 5.26 Å². The van der Waals surface area contributed by atoms with Crippen molar-refractivity contribution in [3.05, 3.63) is 157 Å². The number of hydrogen-bond acceptors (Lipinski definition) is 9. The number of nitrogens with one attached hydrogen (secondary N) is 1. The summed E-state index contributed by atoms with van der Waals surface area (Å²) in [7, 11) is 3.89. The van der Waals surface area contributed by atoms with Gasteiger partial charge in [-0.05, 0) is 82.2 Å². The topological polar surface area (TPSA) is 146 Å². The Hall–Kier alpha value is -6.68. The normalized spacial score (nSPS) is 14.5. The zero-order valence-electron chi connectivity index (χ0n) is 42.0. The summed E-state index contributed by atoms with van der Waals surface area (Å²) in [5.74, 6) is 1.92. The highest BCUT2D eigenvalue weighted by molar-refractivity contribution is 5.98. The monoisotopic (exact) mass is 927 g/mol. The molecule has 0 saturated heterocycles. The summed E-state index contributed by atoms with van der Waals surface area (Å²) in [5.41, 5.74) is 3.54. The predicted octanol–water partition coefficient (Wildman–Crippen LogP) is 8.12. The fraction of sp³-hybridized carbons (Fsp3) is 0.473. The molecule has 0 atom stereocenters. The molecule has 0 amide bonds. The Kier molecular flexibility index (Phi) is 24.3. The molecule has 13 heteroatoms. The molecule has 0 unspecified atom stereocenters. The Morgan fingerprint density at radius 3 is 1.51 bits per heavy atom. The van der Waals surface area contributed by atoms with Crippen LogP contribution in [-0.2, 0) is 10.8 Å². The lowest BCUT2D eigenvalue weighted by molar-refractivity contribution is -0.894. The first-order chi connectivity index (χ1) is 31.8. The third-order valence-electron chi connectivity index (χ3n) is 12.5. The van der Waals surface area contributed by atoms with Crippen LogP contribution in [0.25, 0.3) is 32.9 Å². The van der Waals surface area contributed by atoms with Crippen LogP contribution < -0.4 is 41.2 Å². The zero-order valence-corrected chi connectivity index (χ0v) is 42.0. The van der Waals surface area contributed by atoms with Gasteiger partial charge in [0.25, 0.3) is 12.0 Å². The summed E-state index contributed by atoms with van der Waals surface area (Å²) < 4.78 is 5.55. The number of nitriles is 1. The van der Waals surface area contributed by atoms with E-state index in [2.05, 4.69) is 93.9 Å². The van der Waals surface area contributed by atoms with Crippen LogP contribution in [0.3, 0.4) is 0 Å². The second-order valence-electron chi connectivity index (χ2n) is 17.0. The molecule has 2 heterocycles. The quantitative estimate of drug-likeness (QED) is 0.0462. The van der Waals surface area contributed by atoms with E-state index in [0.717, 1.165) is 41.2 Å². The first kappa shape index (κ1) is 59.3. The fourth-order valence-corrected chi connectivity index (χ4v) is 8.15. The van der Waals surface area contributed by atoms with Crippen LogP contribution in [0.2, 0.25) is 0 Å². The molecule has 364 valence electrons. The molecule has 0 spiro atoms. The van der Waals surface area contributed by atoms with Gasteiger partial charge in [-0.1, -0.05) is 106 Å². The highest BCUT2D eigenvalue weighted by Gasteiger charge is 2.40. The van der Waals surface area contributed by atoms with Gasteiger partial charge in [-0.3, -0.25) is 25.0 Å². The SMILES string of the molecule is C.CCCCOc1c(C=C2N(C)c3ccccc3C2(C)C)c(=O)c1=O.CCN(CC)CC.CC[NH+](CC)CC.[C-]#[N+]C(=C=[N-])c1c(C=C2N(C)c3ccccc3C2(C)C)c(=O)c1=O.[C-]#[N+]CC#N. The molecule has 68 heavy (non-hydrogen) atoms. The molecular formula is C55H74N8O5. The summed E-state index contributed by atoms with van der Waals surface area (Å²) in [6, 6.07) is 17.8. The molecule has 0 aromatic heterocycles. The Balaban J connectivity index is 0.000000490. The van der Waals surface area contributed by atoms with Gasteiger partial charge in [-0.15, -0.1) is 0 Å². The van der Waals surface area contributed by atoms with Gasteiger partial charge in [0.1, 0.15) is 6.07 Å². The molecule has 13 nitrogen and oxygen atoms in total. The maximum absolute atomic E-state index is 12.0.